The third-order valence-corrected chi connectivity index (χ3v) is 5.74. The van der Waals surface area contributed by atoms with Gasteiger partial charge in [-0.3, -0.25) is 14.8 Å². The van der Waals surface area contributed by atoms with Gasteiger partial charge in [0, 0.05) is 23.3 Å². The van der Waals surface area contributed by atoms with Crippen molar-refractivity contribution in [2.45, 2.75) is 39.2 Å². The topological polar surface area (TPSA) is 103 Å². The van der Waals surface area contributed by atoms with E-state index in [4.69, 9.17) is 0 Å². The molecule has 3 N–H and O–H groups in total. The van der Waals surface area contributed by atoms with Gasteiger partial charge in [-0.05, 0) is 48.6 Å². The molecular weight excluding hydrogens is 404 g/mol. The van der Waals surface area contributed by atoms with Crippen LogP contribution in [0.25, 0.3) is 16.6 Å². The third kappa shape index (κ3) is 4.14. The minimum Gasteiger partial charge on any atom is -0.493 e. The lowest BCUT2D eigenvalue weighted by Crippen LogP contribution is -2.31. The van der Waals surface area contributed by atoms with Crippen LogP contribution in [-0.2, 0) is 12.8 Å². The summed E-state index contributed by atoms with van der Waals surface area (Å²) < 4.78 is 1.09. The normalized spacial score (nSPS) is 12.6. The van der Waals surface area contributed by atoms with Crippen LogP contribution >= 0.6 is 0 Å². The fourth-order valence-corrected chi connectivity index (χ4v) is 3.81. The quantitative estimate of drug-likeness (QED) is 0.389. The second kappa shape index (κ2) is 9.09. The largest absolute Gasteiger partial charge is 0.493 e. The Morgan fingerprint density at radius 2 is 1.84 bits per heavy atom. The lowest BCUT2D eigenvalue weighted by Gasteiger charge is -2.12. The Morgan fingerprint density at radius 3 is 2.56 bits per heavy atom. The van der Waals surface area contributed by atoms with E-state index in [1.807, 2.05) is 50.4 Å². The zero-order chi connectivity index (χ0) is 22.7. The van der Waals surface area contributed by atoms with Crippen molar-refractivity contribution in [1.82, 2.24) is 14.5 Å². The molecule has 0 aliphatic heterocycles. The van der Waals surface area contributed by atoms with Crippen LogP contribution in [0, 0.1) is 0 Å². The number of benzene rings is 2. The first-order chi connectivity index (χ1) is 15.5. The monoisotopic (exact) mass is 430 g/mol. The maximum absolute atomic E-state index is 12.4. The molecule has 0 spiro atoms. The molecule has 164 valence electrons. The van der Waals surface area contributed by atoms with Gasteiger partial charge in [-0.2, -0.15) is 0 Å². The Bertz CT molecular complexity index is 1380. The van der Waals surface area contributed by atoms with E-state index < -0.39 is 17.1 Å². The van der Waals surface area contributed by atoms with Crippen LogP contribution in [-0.4, -0.2) is 31.9 Å². The number of H-pyrrole nitrogens is 2. The van der Waals surface area contributed by atoms with E-state index in [0.29, 0.717) is 12.1 Å². The standard InChI is InChI=1S/C25H26N4O3/c1-3-16-9-11-19(12-10-16)29-24(31)21(23(30)28-25(29)32)15-26-18(4-2)13-17-14-27-22-8-6-5-7-20(17)22/h5-12,14-15,18,27,31H,3-4,13H2,1-2H3,(H,28,30,32). The Kier molecular flexibility index (Phi) is 6.07. The highest BCUT2D eigenvalue weighted by atomic mass is 16.3. The number of aromatic nitrogens is 3. The Morgan fingerprint density at radius 1 is 1.09 bits per heavy atom. The predicted octanol–water partition coefficient (Wildman–Crippen LogP) is 3.72. The first kappa shape index (κ1) is 21.4. The summed E-state index contributed by atoms with van der Waals surface area (Å²) in [6, 6.07) is 15.2. The van der Waals surface area contributed by atoms with Crippen molar-refractivity contribution in [3.8, 4) is 11.6 Å². The molecule has 0 fully saturated rings. The van der Waals surface area contributed by atoms with Crippen LogP contribution in [0.5, 0.6) is 5.88 Å². The van der Waals surface area contributed by atoms with Gasteiger partial charge in [0.25, 0.3) is 5.56 Å². The highest BCUT2D eigenvalue weighted by Gasteiger charge is 2.15. The zero-order valence-electron chi connectivity index (χ0n) is 18.1. The van der Waals surface area contributed by atoms with E-state index in [2.05, 4.69) is 21.0 Å². The molecule has 0 aliphatic carbocycles. The van der Waals surface area contributed by atoms with Crippen LogP contribution in [0.2, 0.25) is 0 Å². The average Bonchev–Trinajstić information content (AvgIpc) is 3.21. The van der Waals surface area contributed by atoms with Gasteiger partial charge in [-0.1, -0.05) is 44.2 Å². The number of nitrogens with one attached hydrogen (secondary N) is 2. The van der Waals surface area contributed by atoms with Gasteiger partial charge in [0.05, 0.1) is 11.7 Å². The van der Waals surface area contributed by atoms with Gasteiger partial charge >= 0.3 is 5.69 Å². The summed E-state index contributed by atoms with van der Waals surface area (Å²) in [4.78, 5) is 34.9. The SMILES string of the molecule is CCc1ccc(-n2c(O)c(C=NC(CC)Cc3c[nH]c4ccccc34)c(=O)[nH]c2=O)cc1. The lowest BCUT2D eigenvalue weighted by atomic mass is 10.0. The number of aryl methyl sites for hydroxylation is 1. The predicted molar refractivity (Wildman–Crippen MR) is 127 cm³/mol. The fraction of sp³-hybridized carbons (Fsp3) is 0.240. The maximum Gasteiger partial charge on any atom is 0.335 e. The van der Waals surface area contributed by atoms with Gasteiger partial charge < -0.3 is 10.1 Å². The molecule has 2 aromatic heterocycles. The van der Waals surface area contributed by atoms with E-state index in [0.717, 1.165) is 39.4 Å². The van der Waals surface area contributed by atoms with E-state index in [-0.39, 0.29) is 11.6 Å². The Balaban J connectivity index is 1.66. The summed E-state index contributed by atoms with van der Waals surface area (Å²) in [5.74, 6) is -0.423. The molecule has 4 aromatic rings. The van der Waals surface area contributed by atoms with Gasteiger partial charge in [-0.25, -0.2) is 9.36 Å². The zero-order valence-corrected chi connectivity index (χ0v) is 18.1. The molecule has 0 bridgehead atoms. The van der Waals surface area contributed by atoms with Crippen LogP contribution in [0.3, 0.4) is 0 Å². The van der Waals surface area contributed by atoms with E-state index >= 15 is 0 Å². The summed E-state index contributed by atoms with van der Waals surface area (Å²) in [6.45, 7) is 4.06. The van der Waals surface area contributed by atoms with Crippen LogP contribution in [0.1, 0.15) is 37.0 Å². The van der Waals surface area contributed by atoms with Crippen LogP contribution in [0.15, 0.2) is 69.3 Å². The van der Waals surface area contributed by atoms with Gasteiger partial charge in [0.1, 0.15) is 5.56 Å². The van der Waals surface area contributed by atoms with Crippen molar-refractivity contribution in [3.05, 3.63) is 92.3 Å². The number of aliphatic imine (C=N–C) groups is 1. The second-order valence-electron chi connectivity index (χ2n) is 7.76. The van der Waals surface area contributed by atoms with Gasteiger partial charge in [0.2, 0.25) is 5.88 Å². The number of hydrogen-bond donors (Lipinski definition) is 3. The molecule has 0 saturated heterocycles. The smallest absolute Gasteiger partial charge is 0.335 e. The third-order valence-electron chi connectivity index (χ3n) is 5.74. The first-order valence-electron chi connectivity index (χ1n) is 10.8. The lowest BCUT2D eigenvalue weighted by molar-refractivity contribution is 0.430. The number of para-hydroxylation sites is 1. The van der Waals surface area contributed by atoms with Crippen molar-refractivity contribution < 1.29 is 5.11 Å². The summed E-state index contributed by atoms with van der Waals surface area (Å²) in [5, 5.41) is 11.9. The molecule has 7 heteroatoms. The summed E-state index contributed by atoms with van der Waals surface area (Å²) in [6.07, 6.45) is 5.65. The van der Waals surface area contributed by atoms with Crippen LogP contribution in [0.4, 0.5) is 0 Å². The molecule has 0 aliphatic rings. The van der Waals surface area contributed by atoms with Crippen molar-refractivity contribution in [1.29, 1.82) is 0 Å². The minimum absolute atomic E-state index is 0.0402. The van der Waals surface area contributed by atoms with Crippen molar-refractivity contribution in [2.75, 3.05) is 0 Å². The summed E-state index contributed by atoms with van der Waals surface area (Å²) in [5.41, 5.74) is 2.39. The summed E-state index contributed by atoms with van der Waals surface area (Å²) >= 11 is 0. The number of aromatic hydroxyl groups is 1. The maximum atomic E-state index is 12.4. The molecular formula is C25H26N4O3. The molecule has 0 radical (unpaired) electrons. The average molecular weight is 431 g/mol. The van der Waals surface area contributed by atoms with Crippen molar-refractivity contribution in [2.24, 2.45) is 4.99 Å². The number of hydrogen-bond acceptors (Lipinski definition) is 4. The molecule has 2 heterocycles. The highest BCUT2D eigenvalue weighted by Crippen LogP contribution is 2.21. The second-order valence-corrected chi connectivity index (χ2v) is 7.76. The van der Waals surface area contributed by atoms with Crippen LogP contribution < -0.4 is 11.2 Å². The van der Waals surface area contributed by atoms with Crippen molar-refractivity contribution in [3.63, 3.8) is 0 Å². The van der Waals surface area contributed by atoms with Crippen molar-refractivity contribution >= 4 is 17.1 Å². The molecule has 1 unspecified atom stereocenters. The molecule has 0 amide bonds. The molecule has 0 saturated carbocycles. The molecule has 4 rings (SSSR count). The fourth-order valence-electron chi connectivity index (χ4n) is 3.81. The van der Waals surface area contributed by atoms with Gasteiger partial charge in [-0.15, -0.1) is 0 Å². The number of fused-ring (bicyclic) bond motifs is 1. The highest BCUT2D eigenvalue weighted by molar-refractivity contribution is 5.84. The van der Waals surface area contributed by atoms with E-state index in [1.54, 1.807) is 12.1 Å². The first-order valence-corrected chi connectivity index (χ1v) is 10.8. The molecule has 7 nitrogen and oxygen atoms in total. The van der Waals surface area contributed by atoms with E-state index in [1.165, 1.54) is 6.21 Å². The molecule has 2 aromatic carbocycles. The minimum atomic E-state index is -0.695. The van der Waals surface area contributed by atoms with E-state index in [9.17, 15) is 14.7 Å². The molecule has 1 atom stereocenters. The Labute approximate surface area is 185 Å². The van der Waals surface area contributed by atoms with Gasteiger partial charge in [0.15, 0.2) is 0 Å². The summed E-state index contributed by atoms with van der Waals surface area (Å²) in [7, 11) is 0. The number of rotatable bonds is 7. The number of nitrogens with zero attached hydrogens (tertiary/aromatic N) is 2. The molecule has 32 heavy (non-hydrogen) atoms. The Hall–Kier alpha value is -3.87. The number of aromatic amines is 2.